The molecular formula is C19H31N3O4S. The minimum atomic E-state index is -1.30. The van der Waals surface area contributed by atoms with Crippen molar-refractivity contribution in [3.05, 3.63) is 29.6 Å². The number of nitrogens with zero attached hydrogens (tertiary/aromatic N) is 1. The molecule has 1 unspecified atom stereocenters. The molecule has 0 spiro atoms. The highest BCUT2D eigenvalue weighted by Gasteiger charge is 2.30. The van der Waals surface area contributed by atoms with Crippen molar-refractivity contribution >= 4 is 23.2 Å². The lowest BCUT2D eigenvalue weighted by Crippen LogP contribution is -2.41. The van der Waals surface area contributed by atoms with Crippen LogP contribution in [0.4, 0.5) is 0 Å². The number of carboxylic acids is 1. The fourth-order valence-corrected chi connectivity index (χ4v) is 3.33. The molecule has 1 rings (SSSR count). The minimum Gasteiger partial charge on any atom is -0.598 e. The van der Waals surface area contributed by atoms with Crippen molar-refractivity contribution in [1.29, 1.82) is 0 Å². The first kappa shape index (κ1) is 23.4. The number of rotatable bonds is 12. The van der Waals surface area contributed by atoms with E-state index in [1.54, 1.807) is 6.20 Å². The molecule has 1 amide bonds. The number of nitrogens with two attached hydrogens (primary N) is 1. The van der Waals surface area contributed by atoms with Crippen molar-refractivity contribution in [3.8, 4) is 0 Å². The Kier molecular flexibility index (Phi) is 9.76. The first-order chi connectivity index (χ1) is 12.6. The van der Waals surface area contributed by atoms with Gasteiger partial charge in [-0.2, -0.15) is 0 Å². The number of amides is 1. The third-order valence-electron chi connectivity index (χ3n) is 4.04. The summed E-state index contributed by atoms with van der Waals surface area (Å²) in [5, 5.41) is 8.67. The predicted molar refractivity (Wildman–Crippen MR) is 106 cm³/mol. The zero-order valence-electron chi connectivity index (χ0n) is 16.4. The Morgan fingerprint density at radius 2 is 2.00 bits per heavy atom. The van der Waals surface area contributed by atoms with E-state index in [4.69, 9.17) is 10.8 Å². The third kappa shape index (κ3) is 9.74. The van der Waals surface area contributed by atoms with E-state index in [0.29, 0.717) is 12.8 Å². The SMILES string of the molecule is CC(C)(C)[S+]([O-])N[C@@H](CCC(N)=O)c1cc(CCCCCC(=O)O)ccn1. The van der Waals surface area contributed by atoms with Crippen LogP contribution in [0.2, 0.25) is 0 Å². The Morgan fingerprint density at radius 3 is 2.59 bits per heavy atom. The predicted octanol–water partition coefficient (Wildman–Crippen LogP) is 2.63. The maximum Gasteiger partial charge on any atom is 0.303 e. The molecule has 0 saturated carbocycles. The number of hydrogen-bond donors (Lipinski definition) is 3. The van der Waals surface area contributed by atoms with Gasteiger partial charge in [-0.3, -0.25) is 14.6 Å². The highest BCUT2D eigenvalue weighted by atomic mass is 32.2. The fourth-order valence-electron chi connectivity index (χ4n) is 2.48. The molecule has 1 aromatic rings. The smallest absolute Gasteiger partial charge is 0.303 e. The van der Waals surface area contributed by atoms with E-state index in [9.17, 15) is 14.1 Å². The zero-order chi connectivity index (χ0) is 20.4. The van der Waals surface area contributed by atoms with E-state index in [1.807, 2.05) is 32.9 Å². The van der Waals surface area contributed by atoms with Gasteiger partial charge in [0.05, 0.1) is 11.7 Å². The van der Waals surface area contributed by atoms with Crippen LogP contribution in [0.3, 0.4) is 0 Å². The van der Waals surface area contributed by atoms with Gasteiger partial charge in [-0.25, -0.2) is 0 Å². The summed E-state index contributed by atoms with van der Waals surface area (Å²) >= 11 is -1.30. The topological polar surface area (TPSA) is 128 Å². The van der Waals surface area contributed by atoms with E-state index in [-0.39, 0.29) is 18.9 Å². The number of nitrogens with one attached hydrogen (secondary N) is 1. The fraction of sp³-hybridized carbons (Fsp3) is 0.632. The van der Waals surface area contributed by atoms with Crippen LogP contribution in [-0.4, -0.2) is 31.3 Å². The maximum atomic E-state index is 12.5. The largest absolute Gasteiger partial charge is 0.598 e. The molecule has 8 heteroatoms. The van der Waals surface area contributed by atoms with Crippen LogP contribution in [0, 0.1) is 0 Å². The molecule has 27 heavy (non-hydrogen) atoms. The molecule has 7 nitrogen and oxygen atoms in total. The van der Waals surface area contributed by atoms with Crippen molar-refractivity contribution < 1.29 is 19.2 Å². The number of carbonyl (C=O) groups excluding carboxylic acids is 1. The molecule has 1 aromatic heterocycles. The summed E-state index contributed by atoms with van der Waals surface area (Å²) in [6.07, 6.45) is 5.73. The van der Waals surface area contributed by atoms with Gasteiger partial charge in [0.1, 0.15) is 4.75 Å². The second-order valence-electron chi connectivity index (χ2n) is 7.60. The average molecular weight is 398 g/mol. The van der Waals surface area contributed by atoms with E-state index in [0.717, 1.165) is 30.5 Å². The number of hydrogen-bond acceptors (Lipinski definition) is 5. The summed E-state index contributed by atoms with van der Waals surface area (Å²) in [6, 6.07) is 3.55. The number of primary amides is 1. The second kappa shape index (κ2) is 11.3. The van der Waals surface area contributed by atoms with Gasteiger partial charge in [-0.15, -0.1) is 4.72 Å². The summed E-state index contributed by atoms with van der Waals surface area (Å²) in [6.45, 7) is 5.63. The lowest BCUT2D eigenvalue weighted by molar-refractivity contribution is -0.137. The molecule has 152 valence electrons. The number of carboxylic acid groups (broad SMARTS) is 1. The van der Waals surface area contributed by atoms with E-state index >= 15 is 0 Å². The highest BCUT2D eigenvalue weighted by Crippen LogP contribution is 2.23. The molecule has 0 bridgehead atoms. The molecular weight excluding hydrogens is 366 g/mol. The van der Waals surface area contributed by atoms with Crippen molar-refractivity contribution in [2.45, 2.75) is 76.5 Å². The maximum absolute atomic E-state index is 12.5. The Morgan fingerprint density at radius 1 is 1.30 bits per heavy atom. The van der Waals surface area contributed by atoms with Crippen molar-refractivity contribution in [1.82, 2.24) is 9.71 Å². The monoisotopic (exact) mass is 397 g/mol. The van der Waals surface area contributed by atoms with Gasteiger partial charge < -0.3 is 15.4 Å². The van der Waals surface area contributed by atoms with E-state index in [1.165, 1.54) is 0 Å². The van der Waals surface area contributed by atoms with Crippen LogP contribution < -0.4 is 10.5 Å². The lowest BCUT2D eigenvalue weighted by Gasteiger charge is -2.27. The molecule has 0 aliphatic carbocycles. The standard InChI is InChI=1S/C19H31N3O4S/c1-19(2,3)27(26)22-15(9-10-17(20)23)16-13-14(11-12-21-16)7-5-4-6-8-18(24)25/h11-13,15,22H,4-10H2,1-3H3,(H2,20,23)(H,24,25)/t15-,27?/m0/s1. The van der Waals surface area contributed by atoms with Crippen LogP contribution in [-0.2, 0) is 27.4 Å². The van der Waals surface area contributed by atoms with Gasteiger partial charge in [0.15, 0.2) is 0 Å². The molecule has 1 heterocycles. The molecule has 0 fully saturated rings. The summed E-state index contributed by atoms with van der Waals surface area (Å²) in [5.74, 6) is -1.17. The number of aliphatic carboxylic acids is 1. The Labute approximate surface area is 164 Å². The van der Waals surface area contributed by atoms with Crippen LogP contribution in [0.15, 0.2) is 18.3 Å². The molecule has 0 aliphatic heterocycles. The number of aryl methyl sites for hydroxylation is 1. The lowest BCUT2D eigenvalue weighted by atomic mass is 10.0. The van der Waals surface area contributed by atoms with E-state index < -0.39 is 28.0 Å². The van der Waals surface area contributed by atoms with Crippen LogP contribution in [0.25, 0.3) is 0 Å². The van der Waals surface area contributed by atoms with Gasteiger partial charge in [0, 0.05) is 30.4 Å². The zero-order valence-corrected chi connectivity index (χ0v) is 17.2. The molecule has 0 aliphatic rings. The summed E-state index contributed by atoms with van der Waals surface area (Å²) < 4.78 is 15.1. The van der Waals surface area contributed by atoms with Crippen molar-refractivity contribution in [2.24, 2.45) is 5.73 Å². The van der Waals surface area contributed by atoms with Gasteiger partial charge in [-0.1, -0.05) is 6.42 Å². The molecule has 4 N–H and O–H groups in total. The molecule has 0 radical (unpaired) electrons. The summed E-state index contributed by atoms with van der Waals surface area (Å²) in [4.78, 5) is 26.1. The number of unbranched alkanes of at least 4 members (excludes halogenated alkanes) is 2. The van der Waals surface area contributed by atoms with Crippen LogP contribution >= 0.6 is 0 Å². The van der Waals surface area contributed by atoms with Gasteiger partial charge in [0.2, 0.25) is 5.91 Å². The Hall–Kier alpha value is -1.64. The quantitative estimate of drug-likeness (QED) is 0.367. The van der Waals surface area contributed by atoms with E-state index in [2.05, 4.69) is 9.71 Å². The Balaban J connectivity index is 2.76. The van der Waals surface area contributed by atoms with Crippen LogP contribution in [0.5, 0.6) is 0 Å². The van der Waals surface area contributed by atoms with Gasteiger partial charge in [-0.05, 0) is 64.2 Å². The van der Waals surface area contributed by atoms with Crippen molar-refractivity contribution in [2.75, 3.05) is 0 Å². The first-order valence-electron chi connectivity index (χ1n) is 9.22. The second-order valence-corrected chi connectivity index (χ2v) is 9.60. The molecule has 2 atom stereocenters. The minimum absolute atomic E-state index is 0.181. The number of carbonyl (C=O) groups is 2. The molecule has 0 aromatic carbocycles. The van der Waals surface area contributed by atoms with Crippen LogP contribution in [0.1, 0.15) is 76.6 Å². The molecule has 0 saturated heterocycles. The van der Waals surface area contributed by atoms with Crippen molar-refractivity contribution in [3.63, 3.8) is 0 Å². The first-order valence-corrected chi connectivity index (χ1v) is 10.4. The van der Waals surface area contributed by atoms with Gasteiger partial charge >= 0.3 is 5.97 Å². The average Bonchev–Trinajstić information content (AvgIpc) is 2.57. The normalized spacial score (nSPS) is 13.9. The van der Waals surface area contributed by atoms with Gasteiger partial charge in [0.25, 0.3) is 0 Å². The Bertz CT molecular complexity index is 619. The summed E-state index contributed by atoms with van der Waals surface area (Å²) in [5.41, 5.74) is 7.10. The summed E-state index contributed by atoms with van der Waals surface area (Å²) in [7, 11) is 0. The number of pyridine rings is 1. The number of aromatic nitrogens is 1. The highest BCUT2D eigenvalue weighted by molar-refractivity contribution is 7.90. The third-order valence-corrected chi connectivity index (χ3v) is 5.65.